The second-order valence-corrected chi connectivity index (χ2v) is 5.73. The summed E-state index contributed by atoms with van der Waals surface area (Å²) in [4.78, 5) is 0. The standard InChI is InChI=1S/C12H24O2/c1-9(2)7-12(6)13-10(3)8-11(4,5)14-12/h9-10H,7-8H2,1-6H3/t10-,12-/m0/s1. The fourth-order valence-electron chi connectivity index (χ4n) is 2.64. The molecule has 0 aliphatic carbocycles. The van der Waals surface area contributed by atoms with Crippen molar-refractivity contribution < 1.29 is 9.47 Å². The van der Waals surface area contributed by atoms with Gasteiger partial charge in [0.05, 0.1) is 11.7 Å². The lowest BCUT2D eigenvalue weighted by atomic mass is 9.95. The van der Waals surface area contributed by atoms with Crippen molar-refractivity contribution in [3.05, 3.63) is 0 Å². The summed E-state index contributed by atoms with van der Waals surface area (Å²) in [5.41, 5.74) is -0.0543. The maximum Gasteiger partial charge on any atom is 0.166 e. The molecule has 1 aliphatic rings. The summed E-state index contributed by atoms with van der Waals surface area (Å²) in [5.74, 6) is 0.205. The third-order valence-corrected chi connectivity index (χ3v) is 2.50. The molecule has 0 bridgehead atoms. The largest absolute Gasteiger partial charge is 0.347 e. The Morgan fingerprint density at radius 2 is 1.86 bits per heavy atom. The lowest BCUT2D eigenvalue weighted by molar-refractivity contribution is -0.335. The van der Waals surface area contributed by atoms with Gasteiger partial charge in [-0.3, -0.25) is 0 Å². The molecular formula is C12H24O2. The first-order valence-electron chi connectivity index (χ1n) is 5.60. The summed E-state index contributed by atoms with van der Waals surface area (Å²) in [6.07, 6.45) is 2.23. The first-order chi connectivity index (χ1) is 6.22. The molecule has 1 saturated heterocycles. The third-order valence-electron chi connectivity index (χ3n) is 2.50. The van der Waals surface area contributed by atoms with E-state index >= 15 is 0 Å². The first-order valence-corrected chi connectivity index (χ1v) is 5.60. The van der Waals surface area contributed by atoms with Crippen LogP contribution >= 0.6 is 0 Å². The molecule has 84 valence electrons. The van der Waals surface area contributed by atoms with E-state index in [2.05, 4.69) is 41.5 Å². The van der Waals surface area contributed by atoms with Gasteiger partial charge < -0.3 is 9.47 Å². The van der Waals surface area contributed by atoms with Gasteiger partial charge in [-0.05, 0) is 33.6 Å². The average molecular weight is 200 g/mol. The number of hydrogen-bond donors (Lipinski definition) is 0. The van der Waals surface area contributed by atoms with E-state index in [9.17, 15) is 0 Å². The minimum Gasteiger partial charge on any atom is -0.347 e. The zero-order valence-corrected chi connectivity index (χ0v) is 10.4. The van der Waals surface area contributed by atoms with Crippen LogP contribution in [0.2, 0.25) is 0 Å². The molecule has 1 rings (SSSR count). The van der Waals surface area contributed by atoms with Gasteiger partial charge in [0.25, 0.3) is 0 Å². The lowest BCUT2D eigenvalue weighted by Crippen LogP contribution is -2.50. The second kappa shape index (κ2) is 3.82. The topological polar surface area (TPSA) is 18.5 Å². The molecule has 0 aromatic heterocycles. The molecule has 1 aliphatic heterocycles. The van der Waals surface area contributed by atoms with Crippen LogP contribution in [0.15, 0.2) is 0 Å². The van der Waals surface area contributed by atoms with Crippen molar-refractivity contribution in [2.75, 3.05) is 0 Å². The third kappa shape index (κ3) is 3.25. The molecular weight excluding hydrogens is 176 g/mol. The van der Waals surface area contributed by atoms with E-state index in [1.807, 2.05) is 0 Å². The van der Waals surface area contributed by atoms with Crippen LogP contribution in [0.3, 0.4) is 0 Å². The Morgan fingerprint density at radius 3 is 2.29 bits per heavy atom. The van der Waals surface area contributed by atoms with E-state index in [-0.39, 0.29) is 5.60 Å². The average Bonchev–Trinajstić information content (AvgIpc) is 1.74. The molecule has 2 nitrogen and oxygen atoms in total. The molecule has 0 spiro atoms. The summed E-state index contributed by atoms with van der Waals surface area (Å²) in [6.45, 7) is 12.9. The van der Waals surface area contributed by atoms with Gasteiger partial charge in [0.2, 0.25) is 0 Å². The van der Waals surface area contributed by atoms with E-state index in [0.717, 1.165) is 12.8 Å². The molecule has 0 radical (unpaired) electrons. The van der Waals surface area contributed by atoms with Crippen molar-refractivity contribution >= 4 is 0 Å². The number of ether oxygens (including phenoxy) is 2. The molecule has 0 unspecified atom stereocenters. The highest BCUT2D eigenvalue weighted by atomic mass is 16.7. The highest BCUT2D eigenvalue weighted by Gasteiger charge is 2.41. The smallest absolute Gasteiger partial charge is 0.166 e. The summed E-state index contributed by atoms with van der Waals surface area (Å²) in [5, 5.41) is 0. The molecule has 0 saturated carbocycles. The molecule has 2 atom stereocenters. The lowest BCUT2D eigenvalue weighted by Gasteiger charge is -2.46. The fraction of sp³-hybridized carbons (Fsp3) is 1.00. The monoisotopic (exact) mass is 200 g/mol. The number of hydrogen-bond acceptors (Lipinski definition) is 2. The van der Waals surface area contributed by atoms with E-state index in [0.29, 0.717) is 12.0 Å². The van der Waals surface area contributed by atoms with Gasteiger partial charge >= 0.3 is 0 Å². The van der Waals surface area contributed by atoms with Gasteiger partial charge in [-0.25, -0.2) is 0 Å². The van der Waals surface area contributed by atoms with Crippen molar-refractivity contribution in [2.24, 2.45) is 5.92 Å². The maximum absolute atomic E-state index is 6.02. The zero-order chi connectivity index (χ0) is 11.0. The molecule has 14 heavy (non-hydrogen) atoms. The zero-order valence-electron chi connectivity index (χ0n) is 10.4. The molecule has 0 aromatic rings. The second-order valence-electron chi connectivity index (χ2n) is 5.73. The summed E-state index contributed by atoms with van der Waals surface area (Å²) in [6, 6.07) is 0. The van der Waals surface area contributed by atoms with Crippen molar-refractivity contribution in [3.63, 3.8) is 0 Å². The quantitative estimate of drug-likeness (QED) is 0.680. The summed E-state index contributed by atoms with van der Waals surface area (Å²) < 4.78 is 11.9. The van der Waals surface area contributed by atoms with Gasteiger partial charge in [0, 0.05) is 12.8 Å². The predicted molar refractivity (Wildman–Crippen MR) is 58.2 cm³/mol. The van der Waals surface area contributed by atoms with Crippen molar-refractivity contribution in [2.45, 2.75) is 71.9 Å². The van der Waals surface area contributed by atoms with Gasteiger partial charge in [-0.1, -0.05) is 13.8 Å². The van der Waals surface area contributed by atoms with Crippen molar-refractivity contribution in [1.82, 2.24) is 0 Å². The maximum atomic E-state index is 6.02. The van der Waals surface area contributed by atoms with Crippen molar-refractivity contribution in [3.8, 4) is 0 Å². The molecule has 0 N–H and O–H groups in total. The van der Waals surface area contributed by atoms with Crippen LogP contribution in [-0.4, -0.2) is 17.5 Å². The summed E-state index contributed by atoms with van der Waals surface area (Å²) >= 11 is 0. The molecule has 1 fully saturated rings. The summed E-state index contributed by atoms with van der Waals surface area (Å²) in [7, 11) is 0. The Balaban J connectivity index is 2.68. The van der Waals surface area contributed by atoms with Gasteiger partial charge in [-0.15, -0.1) is 0 Å². The highest BCUT2D eigenvalue weighted by molar-refractivity contribution is 4.83. The Morgan fingerprint density at radius 1 is 1.29 bits per heavy atom. The van der Waals surface area contributed by atoms with Crippen LogP contribution in [0.4, 0.5) is 0 Å². The molecule has 0 amide bonds. The van der Waals surface area contributed by atoms with Crippen LogP contribution in [0.5, 0.6) is 0 Å². The number of rotatable bonds is 2. The SMILES string of the molecule is CC(C)C[C@@]1(C)O[C@@H](C)CC(C)(C)O1. The van der Waals surface area contributed by atoms with Crippen molar-refractivity contribution in [1.29, 1.82) is 0 Å². The Kier molecular flexibility index (Phi) is 3.27. The van der Waals surface area contributed by atoms with Crippen LogP contribution < -0.4 is 0 Å². The van der Waals surface area contributed by atoms with E-state index in [4.69, 9.17) is 9.47 Å². The van der Waals surface area contributed by atoms with Gasteiger partial charge in [-0.2, -0.15) is 0 Å². The fourth-order valence-corrected chi connectivity index (χ4v) is 2.64. The minimum absolute atomic E-state index is 0.0543. The van der Waals surface area contributed by atoms with Gasteiger partial charge in [0.15, 0.2) is 5.79 Å². The predicted octanol–water partition coefficient (Wildman–Crippen LogP) is 3.35. The van der Waals surface area contributed by atoms with Gasteiger partial charge in [0.1, 0.15) is 0 Å². The van der Waals surface area contributed by atoms with Crippen LogP contribution in [0, 0.1) is 5.92 Å². The first kappa shape index (κ1) is 12.0. The van der Waals surface area contributed by atoms with E-state index in [1.54, 1.807) is 0 Å². The van der Waals surface area contributed by atoms with Crippen LogP contribution in [-0.2, 0) is 9.47 Å². The molecule has 1 heterocycles. The minimum atomic E-state index is -0.394. The Labute approximate surface area is 88.0 Å². The van der Waals surface area contributed by atoms with Crippen LogP contribution in [0.25, 0.3) is 0 Å². The van der Waals surface area contributed by atoms with Crippen LogP contribution in [0.1, 0.15) is 54.4 Å². The highest BCUT2D eigenvalue weighted by Crippen LogP contribution is 2.37. The Hall–Kier alpha value is -0.0800. The van der Waals surface area contributed by atoms with E-state index in [1.165, 1.54) is 0 Å². The molecule has 0 aromatic carbocycles. The Bertz CT molecular complexity index is 194. The normalized spacial score (nSPS) is 37.5. The molecule has 2 heteroatoms. The van der Waals surface area contributed by atoms with E-state index < -0.39 is 5.79 Å².